The first-order chi connectivity index (χ1) is 9.13. The fraction of sp³-hybridized carbons (Fsp3) is 0.846. The van der Waals surface area contributed by atoms with Crippen molar-refractivity contribution >= 4 is 24.2 Å². The van der Waals surface area contributed by atoms with Crippen LogP contribution < -0.4 is 10.6 Å². The molecule has 7 heteroatoms. The lowest BCUT2D eigenvalue weighted by Gasteiger charge is -2.17. The maximum atomic E-state index is 11.7. The van der Waals surface area contributed by atoms with Gasteiger partial charge in [-0.2, -0.15) is 0 Å². The molecule has 2 N–H and O–H groups in total. The second-order valence-corrected chi connectivity index (χ2v) is 5.02. The molecular weight excluding hydrogens is 282 g/mol. The minimum atomic E-state index is -0.130. The fourth-order valence-electron chi connectivity index (χ4n) is 1.64. The van der Waals surface area contributed by atoms with E-state index in [-0.39, 0.29) is 30.8 Å². The first kappa shape index (κ1) is 19.1. The number of halogens is 1. The lowest BCUT2D eigenvalue weighted by molar-refractivity contribution is -0.134. The van der Waals surface area contributed by atoms with Gasteiger partial charge in [-0.3, -0.25) is 9.59 Å². The first-order valence-electron chi connectivity index (χ1n) is 6.83. The number of carbonyl (C=O) groups is 2. The molecule has 0 aromatic rings. The van der Waals surface area contributed by atoms with Crippen molar-refractivity contribution in [3.63, 3.8) is 0 Å². The predicted octanol–water partition coefficient (Wildman–Crippen LogP) is 0.0189. The number of hydrogen-bond donors (Lipinski definition) is 2. The minimum absolute atomic E-state index is 0. The molecule has 0 aromatic heterocycles. The van der Waals surface area contributed by atoms with E-state index in [1.54, 1.807) is 14.2 Å². The van der Waals surface area contributed by atoms with E-state index in [1.165, 1.54) is 17.7 Å². The number of rotatable bonds is 10. The van der Waals surface area contributed by atoms with Crippen LogP contribution in [-0.4, -0.2) is 63.7 Å². The highest BCUT2D eigenvalue weighted by atomic mass is 35.5. The molecule has 20 heavy (non-hydrogen) atoms. The standard InChI is InChI=1S/C13H25N3O3.ClH/c1-16(10-12(17)15-6-3-7-19-2)13(18)9-14-8-11-4-5-11;/h11,14H,3-10H2,1-2H3,(H,15,17);1H. The van der Waals surface area contributed by atoms with Gasteiger partial charge in [0.15, 0.2) is 0 Å². The number of ether oxygens (including phenoxy) is 1. The van der Waals surface area contributed by atoms with E-state index < -0.39 is 0 Å². The van der Waals surface area contributed by atoms with Crippen LogP contribution in [0.2, 0.25) is 0 Å². The molecule has 0 atom stereocenters. The van der Waals surface area contributed by atoms with E-state index in [1.807, 2.05) is 0 Å². The van der Waals surface area contributed by atoms with Gasteiger partial charge in [-0.05, 0) is 31.7 Å². The Balaban J connectivity index is 0.00000361. The third-order valence-corrected chi connectivity index (χ3v) is 3.06. The Labute approximate surface area is 127 Å². The second kappa shape index (κ2) is 10.9. The monoisotopic (exact) mass is 307 g/mol. The van der Waals surface area contributed by atoms with Crippen molar-refractivity contribution in [1.82, 2.24) is 15.5 Å². The summed E-state index contributed by atoms with van der Waals surface area (Å²) in [7, 11) is 3.28. The molecule has 1 aliphatic carbocycles. The van der Waals surface area contributed by atoms with Crippen LogP contribution in [0.3, 0.4) is 0 Å². The highest BCUT2D eigenvalue weighted by Crippen LogP contribution is 2.27. The van der Waals surface area contributed by atoms with E-state index in [2.05, 4.69) is 10.6 Å². The zero-order valence-electron chi connectivity index (χ0n) is 12.3. The summed E-state index contributed by atoms with van der Waals surface area (Å²) in [5.41, 5.74) is 0. The van der Waals surface area contributed by atoms with Crippen LogP contribution >= 0.6 is 12.4 Å². The van der Waals surface area contributed by atoms with Crippen LogP contribution in [0.15, 0.2) is 0 Å². The van der Waals surface area contributed by atoms with Crippen LogP contribution in [0.4, 0.5) is 0 Å². The molecular formula is C13H26ClN3O3. The smallest absolute Gasteiger partial charge is 0.239 e. The molecule has 0 unspecified atom stereocenters. The van der Waals surface area contributed by atoms with E-state index >= 15 is 0 Å². The number of amides is 2. The lowest BCUT2D eigenvalue weighted by Crippen LogP contribution is -2.42. The van der Waals surface area contributed by atoms with Gasteiger partial charge in [0.2, 0.25) is 11.8 Å². The summed E-state index contributed by atoms with van der Waals surface area (Å²) in [4.78, 5) is 24.7. The summed E-state index contributed by atoms with van der Waals surface area (Å²) in [6.45, 7) is 2.53. The van der Waals surface area contributed by atoms with Crippen molar-refractivity contribution in [3.05, 3.63) is 0 Å². The van der Waals surface area contributed by atoms with Crippen LogP contribution in [0.25, 0.3) is 0 Å². The van der Waals surface area contributed by atoms with Gasteiger partial charge in [-0.25, -0.2) is 0 Å². The van der Waals surface area contributed by atoms with E-state index in [0.29, 0.717) is 19.7 Å². The Morgan fingerprint density at radius 1 is 1.35 bits per heavy atom. The Bertz CT molecular complexity index is 299. The molecule has 0 bridgehead atoms. The highest BCUT2D eigenvalue weighted by Gasteiger charge is 2.21. The Hall–Kier alpha value is -0.850. The van der Waals surface area contributed by atoms with E-state index in [9.17, 15) is 9.59 Å². The molecule has 2 amide bonds. The number of carbonyl (C=O) groups excluding carboxylic acids is 2. The fourth-order valence-corrected chi connectivity index (χ4v) is 1.64. The average molecular weight is 308 g/mol. The maximum absolute atomic E-state index is 11.7. The largest absolute Gasteiger partial charge is 0.385 e. The summed E-state index contributed by atoms with van der Waals surface area (Å²) < 4.78 is 4.89. The zero-order chi connectivity index (χ0) is 14.1. The van der Waals surface area contributed by atoms with Crippen LogP contribution in [0, 0.1) is 5.92 Å². The molecule has 0 radical (unpaired) electrons. The number of likely N-dealkylation sites (N-methyl/N-ethyl adjacent to an activating group) is 1. The van der Waals surface area contributed by atoms with Gasteiger partial charge in [-0.1, -0.05) is 0 Å². The summed E-state index contributed by atoms with van der Waals surface area (Å²) in [5.74, 6) is 0.573. The normalized spacial score (nSPS) is 13.5. The molecule has 1 rings (SSSR count). The SMILES string of the molecule is COCCCNC(=O)CN(C)C(=O)CNCC1CC1.Cl. The first-order valence-corrected chi connectivity index (χ1v) is 6.83. The molecule has 118 valence electrons. The van der Waals surface area contributed by atoms with Gasteiger partial charge < -0.3 is 20.3 Å². The minimum Gasteiger partial charge on any atom is -0.385 e. The van der Waals surface area contributed by atoms with Crippen LogP contribution in [-0.2, 0) is 14.3 Å². The third kappa shape index (κ3) is 9.12. The molecule has 0 aromatic carbocycles. The molecule has 0 aliphatic heterocycles. The van der Waals surface area contributed by atoms with Crippen molar-refractivity contribution < 1.29 is 14.3 Å². The molecule has 1 aliphatic rings. The van der Waals surface area contributed by atoms with E-state index in [4.69, 9.17) is 4.74 Å². The Morgan fingerprint density at radius 2 is 2.05 bits per heavy atom. The van der Waals surface area contributed by atoms with Gasteiger partial charge in [0.05, 0.1) is 13.1 Å². The quantitative estimate of drug-likeness (QED) is 0.558. The van der Waals surface area contributed by atoms with E-state index in [0.717, 1.165) is 18.9 Å². The Kier molecular flexibility index (Phi) is 10.4. The molecule has 0 spiro atoms. The Morgan fingerprint density at radius 3 is 2.65 bits per heavy atom. The average Bonchev–Trinajstić information content (AvgIpc) is 3.18. The van der Waals surface area contributed by atoms with Gasteiger partial charge in [0.1, 0.15) is 0 Å². The second-order valence-electron chi connectivity index (χ2n) is 5.02. The number of hydrogen-bond acceptors (Lipinski definition) is 4. The predicted molar refractivity (Wildman–Crippen MR) is 80.0 cm³/mol. The van der Waals surface area contributed by atoms with Crippen molar-refractivity contribution in [1.29, 1.82) is 0 Å². The van der Waals surface area contributed by atoms with Crippen LogP contribution in [0.5, 0.6) is 0 Å². The van der Waals surface area contributed by atoms with Gasteiger partial charge in [-0.15, -0.1) is 12.4 Å². The summed E-state index contributed by atoms with van der Waals surface area (Å²) in [6, 6.07) is 0. The molecule has 0 heterocycles. The zero-order valence-corrected chi connectivity index (χ0v) is 13.1. The topological polar surface area (TPSA) is 70.7 Å². The van der Waals surface area contributed by atoms with Crippen LogP contribution in [0.1, 0.15) is 19.3 Å². The van der Waals surface area contributed by atoms with Gasteiger partial charge >= 0.3 is 0 Å². The maximum Gasteiger partial charge on any atom is 0.239 e. The number of methoxy groups -OCH3 is 1. The number of nitrogens with one attached hydrogen (secondary N) is 2. The van der Waals surface area contributed by atoms with Crippen molar-refractivity contribution in [2.24, 2.45) is 5.92 Å². The lowest BCUT2D eigenvalue weighted by atomic mass is 10.4. The molecule has 0 saturated heterocycles. The third-order valence-electron chi connectivity index (χ3n) is 3.06. The summed E-state index contributed by atoms with van der Waals surface area (Å²) in [6.07, 6.45) is 3.31. The highest BCUT2D eigenvalue weighted by molar-refractivity contribution is 5.85. The van der Waals surface area contributed by atoms with Crippen molar-refractivity contribution in [2.45, 2.75) is 19.3 Å². The number of nitrogens with zero attached hydrogens (tertiary/aromatic N) is 1. The van der Waals surface area contributed by atoms with Gasteiger partial charge in [0, 0.05) is 27.3 Å². The summed E-state index contributed by atoms with van der Waals surface area (Å²) >= 11 is 0. The molecule has 1 fully saturated rings. The molecule has 1 saturated carbocycles. The molecule has 6 nitrogen and oxygen atoms in total. The van der Waals surface area contributed by atoms with Crippen molar-refractivity contribution in [3.8, 4) is 0 Å². The summed E-state index contributed by atoms with van der Waals surface area (Å²) in [5, 5.41) is 5.88. The van der Waals surface area contributed by atoms with Crippen molar-refractivity contribution in [2.75, 3.05) is 46.9 Å². The van der Waals surface area contributed by atoms with Gasteiger partial charge in [0.25, 0.3) is 0 Å².